The summed E-state index contributed by atoms with van der Waals surface area (Å²) < 4.78 is 1.99. The largest absolute Gasteiger partial charge is 0.396 e. The Bertz CT molecular complexity index is 883. The van der Waals surface area contributed by atoms with Crippen LogP contribution in [0, 0.1) is 23.2 Å². The molecule has 5 nitrogen and oxygen atoms in total. The molecule has 1 saturated carbocycles. The highest BCUT2D eigenvalue weighted by atomic mass is 35.5. The first kappa shape index (κ1) is 19.7. The zero-order valence-corrected chi connectivity index (χ0v) is 17.4. The molecule has 150 valence electrons. The quantitative estimate of drug-likeness (QED) is 0.627. The predicted octanol–water partition coefficient (Wildman–Crippen LogP) is 3.72. The van der Waals surface area contributed by atoms with Crippen molar-refractivity contribution in [3.8, 4) is 11.8 Å². The van der Waals surface area contributed by atoms with Gasteiger partial charge in [-0.25, -0.2) is 4.98 Å². The number of aliphatic hydroxyl groups is 1. The van der Waals surface area contributed by atoms with Crippen molar-refractivity contribution in [3.05, 3.63) is 23.1 Å². The highest BCUT2D eigenvalue weighted by molar-refractivity contribution is 6.30. The summed E-state index contributed by atoms with van der Waals surface area (Å²) >= 11 is 6.17. The van der Waals surface area contributed by atoms with Crippen LogP contribution in [0.4, 0.5) is 0 Å². The molecule has 2 aliphatic rings. The molecule has 6 heteroatoms. The van der Waals surface area contributed by atoms with Gasteiger partial charge in [0.05, 0.1) is 17.5 Å². The van der Waals surface area contributed by atoms with Gasteiger partial charge in [0, 0.05) is 30.1 Å². The molecular formula is C22H29ClN4O. The lowest BCUT2D eigenvalue weighted by Crippen LogP contribution is -2.32. The molecule has 28 heavy (non-hydrogen) atoms. The predicted molar refractivity (Wildman–Crippen MR) is 112 cm³/mol. The molecule has 0 unspecified atom stereocenters. The normalized spacial score (nSPS) is 20.4. The molecule has 1 aliphatic carbocycles. The number of nitrogens with zero attached hydrogens (tertiary/aromatic N) is 4. The maximum atomic E-state index is 10.0. The van der Waals surface area contributed by atoms with Gasteiger partial charge in [0.15, 0.2) is 0 Å². The van der Waals surface area contributed by atoms with Crippen molar-refractivity contribution < 1.29 is 5.11 Å². The molecule has 1 N–H and O–H groups in total. The van der Waals surface area contributed by atoms with Crippen LogP contribution in [0.1, 0.15) is 51.1 Å². The number of pyridine rings is 1. The van der Waals surface area contributed by atoms with Gasteiger partial charge in [-0.1, -0.05) is 37.3 Å². The minimum absolute atomic E-state index is 0.0770. The number of rotatable bonds is 4. The molecule has 0 amide bonds. The number of fused-ring (bicyclic) bond motifs is 1. The molecule has 0 bridgehead atoms. The highest BCUT2D eigenvalue weighted by Crippen LogP contribution is 2.39. The van der Waals surface area contributed by atoms with E-state index in [1.807, 2.05) is 10.7 Å². The summed E-state index contributed by atoms with van der Waals surface area (Å²) in [7, 11) is 0. The summed E-state index contributed by atoms with van der Waals surface area (Å²) in [6, 6.07) is 1.87. The third kappa shape index (κ3) is 4.05. The van der Waals surface area contributed by atoms with Gasteiger partial charge >= 0.3 is 0 Å². The van der Waals surface area contributed by atoms with Gasteiger partial charge in [0.1, 0.15) is 10.8 Å². The fourth-order valence-electron chi connectivity index (χ4n) is 4.63. The van der Waals surface area contributed by atoms with Crippen LogP contribution in [0.25, 0.3) is 10.9 Å². The Labute approximate surface area is 172 Å². The lowest BCUT2D eigenvalue weighted by atomic mass is 9.87. The van der Waals surface area contributed by atoms with Gasteiger partial charge in [-0.15, -0.1) is 0 Å². The molecule has 1 aliphatic heterocycles. The fourth-order valence-corrected chi connectivity index (χ4v) is 4.78. The van der Waals surface area contributed by atoms with Crippen LogP contribution in [-0.4, -0.2) is 51.0 Å². The lowest BCUT2D eigenvalue weighted by Gasteiger charge is -2.28. The first-order valence-corrected chi connectivity index (χ1v) is 10.9. The van der Waals surface area contributed by atoms with Crippen molar-refractivity contribution >= 4 is 22.5 Å². The van der Waals surface area contributed by atoms with Crippen LogP contribution < -0.4 is 0 Å². The molecule has 4 rings (SSSR count). The Balaban J connectivity index is 1.62. The smallest absolute Gasteiger partial charge is 0.144 e. The van der Waals surface area contributed by atoms with Crippen molar-refractivity contribution in [1.82, 2.24) is 19.7 Å². The first-order chi connectivity index (χ1) is 13.6. The minimum atomic E-state index is -0.0770. The van der Waals surface area contributed by atoms with Crippen LogP contribution in [0.5, 0.6) is 0 Å². The van der Waals surface area contributed by atoms with Crippen molar-refractivity contribution in [3.63, 3.8) is 0 Å². The molecular weight excluding hydrogens is 372 g/mol. The van der Waals surface area contributed by atoms with Crippen LogP contribution in [0.2, 0.25) is 5.15 Å². The average molecular weight is 401 g/mol. The molecule has 2 aromatic heterocycles. The van der Waals surface area contributed by atoms with E-state index in [4.69, 9.17) is 16.7 Å². The van der Waals surface area contributed by atoms with Crippen LogP contribution in [0.15, 0.2) is 12.3 Å². The van der Waals surface area contributed by atoms with Crippen molar-refractivity contribution in [2.45, 2.75) is 52.0 Å². The number of hydrogen-bond acceptors (Lipinski definition) is 4. The Kier molecular flexibility index (Phi) is 5.91. The zero-order valence-electron chi connectivity index (χ0n) is 16.6. The zero-order chi connectivity index (χ0) is 19.6. The minimum Gasteiger partial charge on any atom is -0.396 e. The molecule has 0 spiro atoms. The average Bonchev–Trinajstić information content (AvgIpc) is 3.32. The van der Waals surface area contributed by atoms with E-state index in [1.54, 1.807) is 6.20 Å². The summed E-state index contributed by atoms with van der Waals surface area (Å²) in [5.41, 5.74) is 1.67. The van der Waals surface area contributed by atoms with Gasteiger partial charge in [-0.3, -0.25) is 4.68 Å². The second-order valence-electron chi connectivity index (χ2n) is 8.37. The Hall–Kier alpha value is -1.61. The third-order valence-corrected chi connectivity index (χ3v) is 6.72. The number of aliphatic hydroxyl groups excluding tert-OH is 1. The number of piperidine rings is 1. The first-order valence-electron chi connectivity index (χ1n) is 10.5. The van der Waals surface area contributed by atoms with E-state index in [2.05, 4.69) is 28.6 Å². The number of hydrogen-bond donors (Lipinski definition) is 1. The van der Waals surface area contributed by atoms with Gasteiger partial charge in [-0.05, 0) is 51.2 Å². The summed E-state index contributed by atoms with van der Waals surface area (Å²) in [6.07, 6.45) is 8.46. The highest BCUT2D eigenvalue weighted by Gasteiger charge is 2.34. The summed E-state index contributed by atoms with van der Waals surface area (Å²) in [5.74, 6) is 7.23. The Morgan fingerprint density at radius 2 is 2.04 bits per heavy atom. The monoisotopic (exact) mass is 400 g/mol. The van der Waals surface area contributed by atoms with E-state index in [0.717, 1.165) is 61.9 Å². The topological polar surface area (TPSA) is 54.2 Å². The lowest BCUT2D eigenvalue weighted by molar-refractivity contribution is 0.108. The number of likely N-dealkylation sites (tertiary alicyclic amines) is 1. The van der Waals surface area contributed by atoms with E-state index < -0.39 is 0 Å². The second kappa shape index (κ2) is 8.41. The SMILES string of the molecule is CCN1CCC(C#Cc2nn(CC3(CO)CCCC3)c3cc(Cl)ncc23)CC1. The van der Waals surface area contributed by atoms with Gasteiger partial charge < -0.3 is 10.0 Å². The Morgan fingerprint density at radius 3 is 2.71 bits per heavy atom. The van der Waals surface area contributed by atoms with Crippen LogP contribution >= 0.6 is 11.6 Å². The summed E-state index contributed by atoms with van der Waals surface area (Å²) in [5, 5.41) is 16.3. The number of aromatic nitrogens is 3. The molecule has 0 radical (unpaired) electrons. The maximum absolute atomic E-state index is 10.0. The van der Waals surface area contributed by atoms with E-state index in [-0.39, 0.29) is 12.0 Å². The molecule has 0 atom stereocenters. The van der Waals surface area contributed by atoms with Crippen molar-refractivity contribution in [2.24, 2.45) is 11.3 Å². The second-order valence-corrected chi connectivity index (χ2v) is 8.76. The number of halogens is 1. The van der Waals surface area contributed by atoms with E-state index in [1.165, 1.54) is 12.8 Å². The van der Waals surface area contributed by atoms with E-state index in [0.29, 0.717) is 17.6 Å². The maximum Gasteiger partial charge on any atom is 0.144 e. The van der Waals surface area contributed by atoms with E-state index >= 15 is 0 Å². The molecule has 1 saturated heterocycles. The van der Waals surface area contributed by atoms with E-state index in [9.17, 15) is 5.11 Å². The van der Waals surface area contributed by atoms with Gasteiger partial charge in [0.2, 0.25) is 0 Å². The molecule has 0 aromatic carbocycles. The van der Waals surface area contributed by atoms with Crippen LogP contribution in [0.3, 0.4) is 0 Å². The van der Waals surface area contributed by atoms with Gasteiger partial charge in [0.25, 0.3) is 0 Å². The standard InChI is InChI=1S/C22H29ClN4O/c1-2-26-11-7-17(8-12-26)5-6-19-18-14-24-21(23)13-20(18)27(25-19)15-22(16-28)9-3-4-10-22/h13-14,17,28H,2-4,7-12,15-16H2,1H3. The fraction of sp³-hybridized carbons (Fsp3) is 0.636. The summed E-state index contributed by atoms with van der Waals surface area (Å²) in [4.78, 5) is 6.73. The summed E-state index contributed by atoms with van der Waals surface area (Å²) in [6.45, 7) is 6.49. The van der Waals surface area contributed by atoms with Gasteiger partial charge in [-0.2, -0.15) is 5.10 Å². The molecule has 3 heterocycles. The molecule has 2 aromatic rings. The Morgan fingerprint density at radius 1 is 1.29 bits per heavy atom. The van der Waals surface area contributed by atoms with Crippen molar-refractivity contribution in [1.29, 1.82) is 0 Å². The third-order valence-electron chi connectivity index (χ3n) is 6.52. The van der Waals surface area contributed by atoms with Crippen LogP contribution in [-0.2, 0) is 6.54 Å². The molecule has 2 fully saturated rings. The van der Waals surface area contributed by atoms with Crippen molar-refractivity contribution in [2.75, 3.05) is 26.2 Å².